The molecule has 1 aromatic heterocycles. The fourth-order valence-electron chi connectivity index (χ4n) is 3.06. The van der Waals surface area contributed by atoms with Crippen molar-refractivity contribution in [2.75, 3.05) is 13.1 Å². The van der Waals surface area contributed by atoms with Gasteiger partial charge in [-0.25, -0.2) is 8.42 Å². The van der Waals surface area contributed by atoms with Gasteiger partial charge in [0.15, 0.2) is 0 Å². The van der Waals surface area contributed by atoms with Gasteiger partial charge in [0, 0.05) is 36.1 Å². The molecule has 0 saturated carbocycles. The number of rotatable bonds is 5. The maximum Gasteiger partial charge on any atom is 0.252 e. The minimum absolute atomic E-state index is 0.0478. The van der Waals surface area contributed by atoms with Gasteiger partial charge in [-0.1, -0.05) is 6.92 Å². The molecule has 1 aliphatic heterocycles. The highest BCUT2D eigenvalue weighted by molar-refractivity contribution is 7.89. The van der Waals surface area contributed by atoms with Crippen LogP contribution in [0.25, 0.3) is 10.9 Å². The lowest BCUT2D eigenvalue weighted by Crippen LogP contribution is -2.33. The number of fused-ring (bicyclic) bond motifs is 1. The second kappa shape index (κ2) is 7.20. The average Bonchev–Trinajstić information content (AvgIpc) is 3.15. The molecular weight excluding hydrogens is 354 g/mol. The molecule has 1 atom stereocenters. The molecule has 0 bridgehead atoms. The van der Waals surface area contributed by atoms with Crippen LogP contribution in [0.3, 0.4) is 0 Å². The molecule has 0 radical (unpaired) electrons. The van der Waals surface area contributed by atoms with Crippen LogP contribution in [0.1, 0.15) is 43.5 Å². The van der Waals surface area contributed by atoms with Gasteiger partial charge in [-0.15, -0.1) is 0 Å². The normalized spacial score (nSPS) is 16.7. The number of amides is 1. The second-order valence-electron chi connectivity index (χ2n) is 6.65. The average molecular weight is 377 g/mol. The Morgan fingerprint density at radius 3 is 2.62 bits per heavy atom. The fraction of sp³-hybridized carbons (Fsp3) is 0.444. The van der Waals surface area contributed by atoms with Crippen LogP contribution in [0.2, 0.25) is 0 Å². The van der Waals surface area contributed by atoms with Gasteiger partial charge in [-0.3, -0.25) is 9.59 Å². The summed E-state index contributed by atoms with van der Waals surface area (Å²) in [5.41, 5.74) is 0.219. The van der Waals surface area contributed by atoms with E-state index in [1.807, 2.05) is 13.8 Å². The third kappa shape index (κ3) is 3.52. The van der Waals surface area contributed by atoms with E-state index in [1.165, 1.54) is 22.5 Å². The molecule has 1 fully saturated rings. The predicted octanol–water partition coefficient (Wildman–Crippen LogP) is 1.84. The van der Waals surface area contributed by atoms with E-state index in [0.717, 1.165) is 19.3 Å². The van der Waals surface area contributed by atoms with E-state index < -0.39 is 15.6 Å². The first-order valence-corrected chi connectivity index (χ1v) is 10.2. The van der Waals surface area contributed by atoms with Crippen LogP contribution >= 0.6 is 0 Å². The molecule has 0 spiro atoms. The smallest absolute Gasteiger partial charge is 0.252 e. The lowest BCUT2D eigenvalue weighted by molar-refractivity contribution is 0.0940. The first-order chi connectivity index (χ1) is 12.3. The zero-order valence-corrected chi connectivity index (χ0v) is 15.7. The zero-order valence-electron chi connectivity index (χ0n) is 14.9. The van der Waals surface area contributed by atoms with E-state index in [4.69, 9.17) is 0 Å². The highest BCUT2D eigenvalue weighted by Crippen LogP contribution is 2.25. The van der Waals surface area contributed by atoms with E-state index in [9.17, 15) is 18.0 Å². The van der Waals surface area contributed by atoms with Crippen molar-refractivity contribution in [3.63, 3.8) is 0 Å². The number of carbonyl (C=O) groups is 1. The van der Waals surface area contributed by atoms with Crippen LogP contribution in [-0.2, 0) is 10.0 Å². The third-order valence-corrected chi connectivity index (χ3v) is 6.65. The highest BCUT2D eigenvalue weighted by atomic mass is 32.2. The molecule has 1 aliphatic rings. The summed E-state index contributed by atoms with van der Waals surface area (Å²) in [7, 11) is -3.60. The molecule has 1 saturated heterocycles. The highest BCUT2D eigenvalue weighted by Gasteiger charge is 2.27. The van der Waals surface area contributed by atoms with Crippen LogP contribution in [0, 0.1) is 0 Å². The minimum atomic E-state index is -3.60. The quantitative estimate of drug-likeness (QED) is 0.830. The van der Waals surface area contributed by atoms with Crippen LogP contribution in [0.4, 0.5) is 0 Å². The number of benzene rings is 1. The van der Waals surface area contributed by atoms with Crippen molar-refractivity contribution < 1.29 is 13.2 Å². The first kappa shape index (κ1) is 18.6. The summed E-state index contributed by atoms with van der Waals surface area (Å²) < 4.78 is 27.1. The van der Waals surface area contributed by atoms with Crippen LogP contribution < -0.4 is 10.9 Å². The summed E-state index contributed by atoms with van der Waals surface area (Å²) in [4.78, 5) is 27.3. The van der Waals surface area contributed by atoms with Crippen LogP contribution in [0.5, 0.6) is 0 Å². The van der Waals surface area contributed by atoms with Gasteiger partial charge in [-0.2, -0.15) is 4.31 Å². The Balaban J connectivity index is 2.10. The topological polar surface area (TPSA) is 99.3 Å². The summed E-state index contributed by atoms with van der Waals surface area (Å²) in [5, 5.41) is 3.25. The Morgan fingerprint density at radius 1 is 1.27 bits per heavy atom. The lowest BCUT2D eigenvalue weighted by Gasteiger charge is -2.17. The molecule has 26 heavy (non-hydrogen) atoms. The van der Waals surface area contributed by atoms with Gasteiger partial charge >= 0.3 is 0 Å². The number of carbonyl (C=O) groups excluding carboxylic acids is 1. The number of pyridine rings is 1. The summed E-state index contributed by atoms with van der Waals surface area (Å²) in [6.45, 7) is 4.83. The standard InChI is InChI=1S/C18H23N3O4S/c1-3-12(2)19-18(23)15-11-17(22)20-16-7-6-13(10-14(15)16)26(24,25)21-8-4-5-9-21/h6-7,10-12H,3-5,8-9H2,1-2H3,(H,19,23)(H,20,22). The predicted molar refractivity (Wildman–Crippen MR) is 99.8 cm³/mol. The maximum atomic E-state index is 12.8. The van der Waals surface area contributed by atoms with Gasteiger partial charge in [0.25, 0.3) is 5.91 Å². The van der Waals surface area contributed by atoms with Gasteiger partial charge in [0.1, 0.15) is 0 Å². The molecule has 140 valence electrons. The van der Waals surface area contributed by atoms with Crippen molar-refractivity contribution in [2.24, 2.45) is 0 Å². The van der Waals surface area contributed by atoms with Crippen molar-refractivity contribution >= 4 is 26.8 Å². The largest absolute Gasteiger partial charge is 0.350 e. The van der Waals surface area contributed by atoms with E-state index in [-0.39, 0.29) is 22.4 Å². The van der Waals surface area contributed by atoms with E-state index in [0.29, 0.717) is 24.0 Å². The second-order valence-corrected chi connectivity index (χ2v) is 8.59. The van der Waals surface area contributed by atoms with Crippen molar-refractivity contribution in [3.8, 4) is 0 Å². The van der Waals surface area contributed by atoms with Gasteiger partial charge in [0.2, 0.25) is 15.6 Å². The molecule has 7 nitrogen and oxygen atoms in total. The molecule has 1 unspecified atom stereocenters. The molecular formula is C18H23N3O4S. The van der Waals surface area contributed by atoms with E-state index >= 15 is 0 Å². The maximum absolute atomic E-state index is 12.8. The molecule has 1 amide bonds. The summed E-state index contributed by atoms with van der Waals surface area (Å²) >= 11 is 0. The summed E-state index contributed by atoms with van der Waals surface area (Å²) in [6.07, 6.45) is 2.45. The first-order valence-electron chi connectivity index (χ1n) is 8.81. The van der Waals surface area contributed by atoms with Crippen molar-refractivity contribution in [2.45, 2.75) is 44.0 Å². The van der Waals surface area contributed by atoms with E-state index in [2.05, 4.69) is 10.3 Å². The monoisotopic (exact) mass is 377 g/mol. The fourth-order valence-corrected chi connectivity index (χ4v) is 4.61. The van der Waals surface area contributed by atoms with Crippen LogP contribution in [0.15, 0.2) is 34.0 Å². The van der Waals surface area contributed by atoms with Gasteiger partial charge in [-0.05, 0) is 44.4 Å². The number of H-pyrrole nitrogens is 1. The molecule has 2 heterocycles. The van der Waals surface area contributed by atoms with E-state index in [1.54, 1.807) is 6.07 Å². The lowest BCUT2D eigenvalue weighted by atomic mass is 10.1. The van der Waals surface area contributed by atoms with Crippen molar-refractivity contribution in [1.29, 1.82) is 0 Å². The summed E-state index contributed by atoms with van der Waals surface area (Å²) in [5.74, 6) is -0.383. The Bertz CT molecular complexity index is 991. The number of aromatic nitrogens is 1. The number of nitrogens with one attached hydrogen (secondary N) is 2. The van der Waals surface area contributed by atoms with Gasteiger partial charge < -0.3 is 10.3 Å². The SMILES string of the molecule is CCC(C)NC(=O)c1cc(=O)[nH]c2ccc(S(=O)(=O)N3CCCC3)cc12. The van der Waals surface area contributed by atoms with Crippen molar-refractivity contribution in [3.05, 3.63) is 40.2 Å². The minimum Gasteiger partial charge on any atom is -0.350 e. The number of nitrogens with zero attached hydrogens (tertiary/aromatic N) is 1. The molecule has 2 aromatic rings. The Morgan fingerprint density at radius 2 is 1.96 bits per heavy atom. The third-order valence-electron chi connectivity index (χ3n) is 4.75. The molecule has 2 N–H and O–H groups in total. The number of sulfonamides is 1. The Labute approximate surface area is 152 Å². The number of hydrogen-bond acceptors (Lipinski definition) is 4. The van der Waals surface area contributed by atoms with Gasteiger partial charge in [0.05, 0.1) is 10.5 Å². The van der Waals surface area contributed by atoms with Crippen LogP contribution in [-0.4, -0.2) is 42.7 Å². The number of aromatic amines is 1. The Kier molecular flexibility index (Phi) is 5.15. The molecule has 8 heteroatoms. The molecule has 0 aliphatic carbocycles. The zero-order chi connectivity index (χ0) is 18.9. The Hall–Kier alpha value is -2.19. The number of hydrogen-bond donors (Lipinski definition) is 2. The molecule has 1 aromatic carbocycles. The van der Waals surface area contributed by atoms with Crippen molar-refractivity contribution in [1.82, 2.24) is 14.6 Å². The summed E-state index contributed by atoms with van der Waals surface area (Å²) in [6, 6.07) is 5.66. The molecule has 3 rings (SSSR count).